The first-order valence-corrected chi connectivity index (χ1v) is 9.59. The number of benzene rings is 2. The van der Waals surface area contributed by atoms with Crippen LogP contribution in [0.1, 0.15) is 26.3 Å². The molecule has 0 aliphatic rings. The number of nitro groups is 1. The van der Waals surface area contributed by atoms with Crippen molar-refractivity contribution in [2.24, 2.45) is 10.2 Å². The van der Waals surface area contributed by atoms with E-state index in [-0.39, 0.29) is 17.3 Å². The van der Waals surface area contributed by atoms with E-state index in [4.69, 9.17) is 0 Å². The highest BCUT2D eigenvalue weighted by molar-refractivity contribution is 9.10. The molecule has 1 amide bonds. The Labute approximate surface area is 171 Å². The molecule has 0 saturated heterocycles. The number of carbonyl (C=O) groups excluding carboxylic acids is 1. The second kappa shape index (κ2) is 9.41. The zero-order chi connectivity index (χ0) is 20.8. The van der Waals surface area contributed by atoms with E-state index >= 15 is 0 Å². The van der Waals surface area contributed by atoms with E-state index in [1.165, 1.54) is 13.0 Å². The predicted molar refractivity (Wildman–Crippen MR) is 114 cm³/mol. The second-order valence-corrected chi connectivity index (χ2v) is 6.98. The van der Waals surface area contributed by atoms with Gasteiger partial charge in [0.05, 0.1) is 15.1 Å². The largest absolute Gasteiger partial charge is 0.372 e. The Morgan fingerprint density at radius 2 is 1.89 bits per heavy atom. The number of nitrogens with zero attached hydrogens (tertiary/aromatic N) is 4. The first-order chi connectivity index (χ1) is 13.3. The summed E-state index contributed by atoms with van der Waals surface area (Å²) in [7, 11) is 0. The highest BCUT2D eigenvalue weighted by Gasteiger charge is 2.18. The summed E-state index contributed by atoms with van der Waals surface area (Å²) in [5.74, 6) is -0.240. The molecule has 0 aliphatic carbocycles. The summed E-state index contributed by atoms with van der Waals surface area (Å²) in [6, 6.07) is 8.61. The van der Waals surface area contributed by atoms with Crippen molar-refractivity contribution in [1.29, 1.82) is 0 Å². The standard InChI is InChI=1S/C19H22BrN5O3/c1-5-24(6-2)14-7-8-16(17(11-14)21-13(4)26)22-23-19-15(20)9-12(3)10-18(19)25(27)28/h7-11H,5-6H2,1-4H3,(H,21,26). The van der Waals surface area contributed by atoms with Gasteiger partial charge in [0, 0.05) is 31.8 Å². The third kappa shape index (κ3) is 5.13. The van der Waals surface area contributed by atoms with E-state index in [0.717, 1.165) is 24.3 Å². The molecule has 0 saturated carbocycles. The molecule has 0 atom stereocenters. The Morgan fingerprint density at radius 1 is 1.21 bits per heavy atom. The minimum atomic E-state index is -0.496. The summed E-state index contributed by atoms with van der Waals surface area (Å²) in [5.41, 5.74) is 2.56. The molecule has 0 unspecified atom stereocenters. The van der Waals surface area contributed by atoms with Gasteiger partial charge < -0.3 is 10.2 Å². The van der Waals surface area contributed by atoms with Crippen LogP contribution in [-0.2, 0) is 4.79 Å². The quantitative estimate of drug-likeness (QED) is 0.324. The molecular weight excluding hydrogens is 426 g/mol. The van der Waals surface area contributed by atoms with Gasteiger partial charge >= 0.3 is 0 Å². The minimum absolute atomic E-state index is 0.122. The topological polar surface area (TPSA) is 100 Å². The van der Waals surface area contributed by atoms with Crippen molar-refractivity contribution in [1.82, 2.24) is 0 Å². The molecule has 2 aromatic carbocycles. The van der Waals surface area contributed by atoms with Crippen molar-refractivity contribution >= 4 is 50.3 Å². The van der Waals surface area contributed by atoms with E-state index in [9.17, 15) is 14.9 Å². The molecule has 1 N–H and O–H groups in total. The van der Waals surface area contributed by atoms with E-state index < -0.39 is 4.92 Å². The molecule has 8 nitrogen and oxygen atoms in total. The van der Waals surface area contributed by atoms with Crippen LogP contribution in [0.3, 0.4) is 0 Å². The molecule has 28 heavy (non-hydrogen) atoms. The Morgan fingerprint density at radius 3 is 2.46 bits per heavy atom. The SMILES string of the molecule is CCN(CC)c1ccc(N=Nc2c(Br)cc(C)cc2[N+](=O)[O-])c(NC(C)=O)c1. The van der Waals surface area contributed by atoms with Crippen molar-refractivity contribution < 1.29 is 9.72 Å². The molecule has 2 rings (SSSR count). The predicted octanol–water partition coefficient (Wildman–Crippen LogP) is 5.89. The fraction of sp³-hybridized carbons (Fsp3) is 0.316. The zero-order valence-corrected chi connectivity index (χ0v) is 17.8. The summed E-state index contributed by atoms with van der Waals surface area (Å²) >= 11 is 3.31. The van der Waals surface area contributed by atoms with Crippen molar-refractivity contribution in [3.05, 3.63) is 50.5 Å². The Hall–Kier alpha value is -2.81. The van der Waals surface area contributed by atoms with Crippen LogP contribution in [0.5, 0.6) is 0 Å². The lowest BCUT2D eigenvalue weighted by atomic mass is 10.2. The molecule has 2 aromatic rings. The summed E-state index contributed by atoms with van der Waals surface area (Å²) in [6.45, 7) is 8.90. The van der Waals surface area contributed by atoms with Gasteiger partial charge in [-0.15, -0.1) is 10.2 Å². The molecule has 0 aromatic heterocycles. The fourth-order valence-electron chi connectivity index (χ4n) is 2.74. The fourth-order valence-corrected chi connectivity index (χ4v) is 3.39. The number of hydrogen-bond donors (Lipinski definition) is 1. The molecule has 148 valence electrons. The lowest BCUT2D eigenvalue weighted by Crippen LogP contribution is -2.21. The van der Waals surface area contributed by atoms with Gasteiger partial charge in [-0.1, -0.05) is 0 Å². The second-order valence-electron chi connectivity index (χ2n) is 6.13. The van der Waals surface area contributed by atoms with E-state index in [2.05, 4.69) is 36.4 Å². The van der Waals surface area contributed by atoms with Gasteiger partial charge in [-0.2, -0.15) is 0 Å². The summed E-state index contributed by atoms with van der Waals surface area (Å²) < 4.78 is 0.476. The van der Waals surface area contributed by atoms with Gasteiger partial charge in [0.1, 0.15) is 5.69 Å². The number of nitro benzene ring substituents is 1. The van der Waals surface area contributed by atoms with Crippen molar-refractivity contribution in [3.63, 3.8) is 0 Å². The number of amides is 1. The number of rotatable bonds is 7. The minimum Gasteiger partial charge on any atom is -0.372 e. The van der Waals surface area contributed by atoms with Crippen LogP contribution in [0.25, 0.3) is 0 Å². The van der Waals surface area contributed by atoms with Crippen LogP contribution in [0.2, 0.25) is 0 Å². The lowest BCUT2D eigenvalue weighted by Gasteiger charge is -2.22. The third-order valence-electron chi connectivity index (χ3n) is 4.06. The number of carbonyl (C=O) groups is 1. The van der Waals surface area contributed by atoms with Gasteiger partial charge in [0.2, 0.25) is 5.91 Å². The summed E-state index contributed by atoms with van der Waals surface area (Å²) in [6.07, 6.45) is 0. The maximum absolute atomic E-state index is 11.6. The molecule has 0 spiro atoms. The average Bonchev–Trinajstić information content (AvgIpc) is 2.62. The van der Waals surface area contributed by atoms with Gasteiger partial charge in [0.15, 0.2) is 5.69 Å². The number of anilines is 2. The summed E-state index contributed by atoms with van der Waals surface area (Å²) in [5, 5.41) is 22.4. The normalized spacial score (nSPS) is 10.9. The van der Waals surface area contributed by atoms with Gasteiger partial charge in [-0.25, -0.2) is 0 Å². The maximum atomic E-state index is 11.6. The number of azo groups is 1. The van der Waals surface area contributed by atoms with Crippen molar-refractivity contribution in [2.45, 2.75) is 27.7 Å². The maximum Gasteiger partial charge on any atom is 0.298 e. The number of nitrogens with one attached hydrogen (secondary N) is 1. The average molecular weight is 448 g/mol. The van der Waals surface area contributed by atoms with Crippen LogP contribution < -0.4 is 10.2 Å². The molecule has 0 heterocycles. The van der Waals surface area contributed by atoms with Gasteiger partial charge in [0.25, 0.3) is 5.69 Å². The first-order valence-electron chi connectivity index (χ1n) is 8.79. The van der Waals surface area contributed by atoms with Crippen LogP contribution >= 0.6 is 15.9 Å². The van der Waals surface area contributed by atoms with E-state index in [1.807, 2.05) is 26.0 Å². The van der Waals surface area contributed by atoms with E-state index in [0.29, 0.717) is 15.8 Å². The Bertz CT molecular complexity index is 926. The van der Waals surface area contributed by atoms with Gasteiger partial charge in [-0.05, 0) is 66.5 Å². The van der Waals surface area contributed by atoms with Crippen LogP contribution in [0.4, 0.5) is 28.4 Å². The van der Waals surface area contributed by atoms with Gasteiger partial charge in [-0.3, -0.25) is 14.9 Å². The van der Waals surface area contributed by atoms with Crippen LogP contribution in [0.15, 0.2) is 45.0 Å². The zero-order valence-electron chi connectivity index (χ0n) is 16.2. The molecule has 0 aliphatic heterocycles. The highest BCUT2D eigenvalue weighted by atomic mass is 79.9. The highest BCUT2D eigenvalue weighted by Crippen LogP contribution is 2.39. The molecular formula is C19H22BrN5O3. The Kier molecular flexibility index (Phi) is 7.22. The molecule has 0 bridgehead atoms. The lowest BCUT2D eigenvalue weighted by molar-refractivity contribution is -0.384. The summed E-state index contributed by atoms with van der Waals surface area (Å²) in [4.78, 5) is 24.6. The smallest absolute Gasteiger partial charge is 0.298 e. The number of aryl methyl sites for hydroxylation is 1. The third-order valence-corrected chi connectivity index (χ3v) is 4.67. The van der Waals surface area contributed by atoms with E-state index in [1.54, 1.807) is 19.1 Å². The van der Waals surface area contributed by atoms with Crippen LogP contribution in [-0.4, -0.2) is 23.9 Å². The number of hydrogen-bond acceptors (Lipinski definition) is 6. The molecule has 9 heteroatoms. The molecule has 0 radical (unpaired) electrons. The van der Waals surface area contributed by atoms with Crippen molar-refractivity contribution in [2.75, 3.05) is 23.3 Å². The van der Waals surface area contributed by atoms with Crippen molar-refractivity contribution in [3.8, 4) is 0 Å². The Balaban J connectivity index is 2.51. The monoisotopic (exact) mass is 447 g/mol. The van der Waals surface area contributed by atoms with Crippen LogP contribution in [0, 0.1) is 17.0 Å². The number of halogens is 1. The molecule has 0 fully saturated rings. The first kappa shape index (κ1) is 21.5.